The van der Waals surface area contributed by atoms with Crippen molar-refractivity contribution in [2.75, 3.05) is 18.5 Å². The van der Waals surface area contributed by atoms with Gasteiger partial charge in [0, 0.05) is 40.1 Å². The minimum Gasteiger partial charge on any atom is -0.490 e. The van der Waals surface area contributed by atoms with Crippen LogP contribution in [0.2, 0.25) is 5.02 Å². The summed E-state index contributed by atoms with van der Waals surface area (Å²) in [5.41, 5.74) is 3.46. The number of aromatic nitrogens is 3. The van der Waals surface area contributed by atoms with Crippen LogP contribution in [0.25, 0.3) is 10.9 Å². The molecule has 0 amide bonds. The van der Waals surface area contributed by atoms with Crippen LogP contribution in [0, 0.1) is 18.3 Å². The highest BCUT2D eigenvalue weighted by atomic mass is 35.5. The van der Waals surface area contributed by atoms with Crippen molar-refractivity contribution in [3.63, 3.8) is 0 Å². The summed E-state index contributed by atoms with van der Waals surface area (Å²) in [4.78, 5) is 12.8. The van der Waals surface area contributed by atoms with E-state index in [4.69, 9.17) is 21.1 Å². The number of aromatic amines is 1. The fourth-order valence-corrected chi connectivity index (χ4v) is 4.42. The normalized spacial score (nSPS) is 10.8. The van der Waals surface area contributed by atoms with Crippen LogP contribution in [0.4, 0.5) is 11.4 Å². The fourth-order valence-electron chi connectivity index (χ4n) is 3.31. The van der Waals surface area contributed by atoms with E-state index in [9.17, 15) is 5.26 Å². The SMILES string of the molecule is CCOc1cc2ncc(C#N)c(Nc3ccc(Sc4ncc(C)[nH]4)c(Cl)c3)c2cc1OCC. The molecule has 2 aromatic carbocycles. The smallest absolute Gasteiger partial charge is 0.170 e. The van der Waals surface area contributed by atoms with Crippen LogP contribution in [-0.2, 0) is 0 Å². The molecule has 0 saturated heterocycles. The predicted molar refractivity (Wildman–Crippen MR) is 131 cm³/mol. The van der Waals surface area contributed by atoms with Crippen LogP contribution >= 0.6 is 23.4 Å². The Labute approximate surface area is 201 Å². The Balaban J connectivity index is 1.72. The van der Waals surface area contributed by atoms with Gasteiger partial charge in [-0.25, -0.2) is 4.98 Å². The summed E-state index contributed by atoms with van der Waals surface area (Å²) in [6.07, 6.45) is 3.32. The second kappa shape index (κ2) is 10.0. The summed E-state index contributed by atoms with van der Waals surface area (Å²) in [7, 11) is 0. The number of imidazole rings is 1. The van der Waals surface area contributed by atoms with Gasteiger partial charge < -0.3 is 19.8 Å². The molecule has 2 aromatic heterocycles. The number of hydrogen-bond acceptors (Lipinski definition) is 7. The molecular formula is C24H22ClN5O2S. The van der Waals surface area contributed by atoms with Crippen molar-refractivity contribution in [1.82, 2.24) is 15.0 Å². The molecule has 0 fully saturated rings. The summed E-state index contributed by atoms with van der Waals surface area (Å²) in [5.74, 6) is 1.22. The third-order valence-corrected chi connectivity index (χ3v) is 6.14. The largest absolute Gasteiger partial charge is 0.490 e. The first-order valence-corrected chi connectivity index (χ1v) is 11.6. The topological polar surface area (TPSA) is 95.9 Å². The molecule has 0 saturated carbocycles. The van der Waals surface area contributed by atoms with Gasteiger partial charge in [-0.1, -0.05) is 23.4 Å². The van der Waals surface area contributed by atoms with E-state index in [0.717, 1.165) is 26.8 Å². The lowest BCUT2D eigenvalue weighted by molar-refractivity contribution is 0.288. The first kappa shape index (κ1) is 22.8. The van der Waals surface area contributed by atoms with Crippen LogP contribution < -0.4 is 14.8 Å². The summed E-state index contributed by atoms with van der Waals surface area (Å²) in [5, 5.41) is 15.2. The summed E-state index contributed by atoms with van der Waals surface area (Å²) in [6, 6.07) is 11.5. The molecule has 0 atom stereocenters. The number of benzene rings is 2. The molecule has 4 rings (SSSR count). The molecule has 0 radical (unpaired) electrons. The molecule has 0 aliphatic carbocycles. The lowest BCUT2D eigenvalue weighted by Gasteiger charge is -2.16. The van der Waals surface area contributed by atoms with Crippen molar-refractivity contribution in [3.8, 4) is 17.6 Å². The Kier molecular flexibility index (Phi) is 6.92. The quantitative estimate of drug-likeness (QED) is 0.298. The first-order valence-electron chi connectivity index (χ1n) is 10.4. The number of nitriles is 1. The van der Waals surface area contributed by atoms with E-state index in [1.165, 1.54) is 11.8 Å². The highest BCUT2D eigenvalue weighted by Gasteiger charge is 2.15. The average molecular weight is 480 g/mol. The average Bonchev–Trinajstić information content (AvgIpc) is 3.21. The van der Waals surface area contributed by atoms with E-state index < -0.39 is 0 Å². The zero-order valence-corrected chi connectivity index (χ0v) is 20.0. The standard InChI is InChI=1S/C24H22ClN5O2S/c1-4-31-20-9-17-19(10-21(20)32-5-2)27-13-15(11-26)23(17)30-16-6-7-22(18(25)8-16)33-24-28-12-14(3)29-24/h6-10,12-13H,4-5H2,1-3H3,(H,27,30)(H,28,29). The summed E-state index contributed by atoms with van der Waals surface area (Å²) < 4.78 is 11.5. The van der Waals surface area contributed by atoms with Gasteiger partial charge >= 0.3 is 0 Å². The van der Waals surface area contributed by atoms with E-state index in [1.807, 2.05) is 51.1 Å². The van der Waals surface area contributed by atoms with Gasteiger partial charge in [0.05, 0.1) is 35.0 Å². The molecule has 4 aromatic rings. The van der Waals surface area contributed by atoms with E-state index in [0.29, 0.717) is 46.5 Å². The lowest BCUT2D eigenvalue weighted by atomic mass is 10.1. The van der Waals surface area contributed by atoms with Gasteiger partial charge in [0.15, 0.2) is 16.7 Å². The number of fused-ring (bicyclic) bond motifs is 1. The number of ether oxygens (including phenoxy) is 2. The molecule has 0 bridgehead atoms. The number of halogens is 1. The Morgan fingerprint density at radius 3 is 2.48 bits per heavy atom. The second-order valence-electron chi connectivity index (χ2n) is 7.08. The Morgan fingerprint density at radius 2 is 1.85 bits per heavy atom. The number of hydrogen-bond donors (Lipinski definition) is 2. The minimum absolute atomic E-state index is 0.412. The second-order valence-corrected chi connectivity index (χ2v) is 8.52. The Bertz CT molecular complexity index is 1350. The summed E-state index contributed by atoms with van der Waals surface area (Å²) >= 11 is 8.00. The number of nitrogens with one attached hydrogen (secondary N) is 2. The van der Waals surface area contributed by atoms with E-state index >= 15 is 0 Å². The molecule has 7 nitrogen and oxygen atoms in total. The van der Waals surface area contributed by atoms with Crippen molar-refractivity contribution in [2.24, 2.45) is 0 Å². The Hall–Kier alpha value is -3.41. The third-order valence-electron chi connectivity index (χ3n) is 4.74. The van der Waals surface area contributed by atoms with Crippen molar-refractivity contribution < 1.29 is 9.47 Å². The van der Waals surface area contributed by atoms with Crippen molar-refractivity contribution in [2.45, 2.75) is 30.8 Å². The molecule has 0 aliphatic rings. The maximum Gasteiger partial charge on any atom is 0.170 e. The maximum absolute atomic E-state index is 9.71. The number of aryl methyl sites for hydroxylation is 1. The molecule has 0 unspecified atom stereocenters. The highest BCUT2D eigenvalue weighted by molar-refractivity contribution is 7.99. The summed E-state index contributed by atoms with van der Waals surface area (Å²) in [6.45, 7) is 6.77. The number of anilines is 2. The van der Waals surface area contributed by atoms with Crippen LogP contribution in [0.3, 0.4) is 0 Å². The number of nitrogens with zero attached hydrogens (tertiary/aromatic N) is 3. The molecule has 9 heteroatoms. The van der Waals surface area contributed by atoms with Gasteiger partial charge in [-0.3, -0.25) is 4.98 Å². The Morgan fingerprint density at radius 1 is 1.09 bits per heavy atom. The molecule has 33 heavy (non-hydrogen) atoms. The molecular weight excluding hydrogens is 458 g/mol. The minimum atomic E-state index is 0.412. The zero-order chi connectivity index (χ0) is 23.4. The maximum atomic E-state index is 9.71. The van der Waals surface area contributed by atoms with Gasteiger partial charge in [0.25, 0.3) is 0 Å². The fraction of sp³-hybridized carbons (Fsp3) is 0.208. The monoisotopic (exact) mass is 479 g/mol. The van der Waals surface area contributed by atoms with Crippen molar-refractivity contribution in [1.29, 1.82) is 5.26 Å². The van der Waals surface area contributed by atoms with Crippen LogP contribution in [0.5, 0.6) is 11.5 Å². The number of H-pyrrole nitrogens is 1. The van der Waals surface area contributed by atoms with Crippen LogP contribution in [0.15, 0.2) is 52.8 Å². The van der Waals surface area contributed by atoms with Crippen molar-refractivity contribution >= 4 is 45.6 Å². The molecule has 2 N–H and O–H groups in total. The van der Waals surface area contributed by atoms with Crippen molar-refractivity contribution in [3.05, 3.63) is 59.0 Å². The van der Waals surface area contributed by atoms with E-state index in [1.54, 1.807) is 12.4 Å². The van der Waals surface area contributed by atoms with Gasteiger partial charge in [-0.15, -0.1) is 0 Å². The van der Waals surface area contributed by atoms with Gasteiger partial charge in [0.2, 0.25) is 0 Å². The molecule has 168 valence electrons. The third kappa shape index (κ3) is 5.00. The van der Waals surface area contributed by atoms with Gasteiger partial charge in [-0.2, -0.15) is 5.26 Å². The predicted octanol–water partition coefficient (Wildman–Crippen LogP) is 6.48. The van der Waals surface area contributed by atoms with E-state index in [-0.39, 0.29) is 0 Å². The molecule has 0 spiro atoms. The van der Waals surface area contributed by atoms with Crippen LogP contribution in [-0.4, -0.2) is 28.2 Å². The lowest BCUT2D eigenvalue weighted by Crippen LogP contribution is -2.01. The first-order chi connectivity index (χ1) is 16.0. The van der Waals surface area contributed by atoms with E-state index in [2.05, 4.69) is 26.3 Å². The van der Waals surface area contributed by atoms with Crippen LogP contribution in [0.1, 0.15) is 25.1 Å². The highest BCUT2D eigenvalue weighted by Crippen LogP contribution is 2.39. The molecule has 2 heterocycles. The van der Waals surface area contributed by atoms with Gasteiger partial charge in [-0.05, 0) is 45.0 Å². The number of pyridine rings is 1. The zero-order valence-electron chi connectivity index (χ0n) is 18.4. The van der Waals surface area contributed by atoms with Gasteiger partial charge in [0.1, 0.15) is 6.07 Å². The molecule has 0 aliphatic heterocycles. The number of rotatable bonds is 8.